The molecule has 5 nitrogen and oxygen atoms in total. The van der Waals surface area contributed by atoms with E-state index in [4.69, 9.17) is 0 Å². The first-order valence-corrected chi connectivity index (χ1v) is 7.13. The molecule has 0 aromatic rings. The van der Waals surface area contributed by atoms with E-state index in [1.165, 1.54) is 0 Å². The Morgan fingerprint density at radius 2 is 2.22 bits per heavy atom. The fourth-order valence-electron chi connectivity index (χ4n) is 2.20. The van der Waals surface area contributed by atoms with Crippen LogP contribution in [0.4, 0.5) is 0 Å². The van der Waals surface area contributed by atoms with Gasteiger partial charge < -0.3 is 15.1 Å². The molecular formula is C11H20ClN3O2S. The molecule has 1 N–H and O–H groups in total. The molecule has 2 fully saturated rings. The van der Waals surface area contributed by atoms with E-state index in [9.17, 15) is 9.59 Å². The van der Waals surface area contributed by atoms with Crippen molar-refractivity contribution in [1.29, 1.82) is 0 Å². The Hall–Kier alpha value is -0.460. The van der Waals surface area contributed by atoms with E-state index in [1.54, 1.807) is 16.7 Å². The number of carbonyl (C=O) groups is 2. The summed E-state index contributed by atoms with van der Waals surface area (Å²) in [5, 5.41) is 3.34. The molecular weight excluding hydrogens is 274 g/mol. The average molecular weight is 294 g/mol. The van der Waals surface area contributed by atoms with Crippen molar-refractivity contribution >= 4 is 36.0 Å². The molecule has 2 rings (SSSR count). The lowest BCUT2D eigenvalue weighted by Gasteiger charge is -2.39. The number of carbonyl (C=O) groups excluding carboxylic acids is 2. The number of piperazine rings is 1. The van der Waals surface area contributed by atoms with Crippen LogP contribution < -0.4 is 5.32 Å². The molecule has 104 valence electrons. The SMILES string of the molecule is CC1NCCN(C(=O)CN2CSCC2=O)C1C.Cl. The molecule has 0 saturated carbocycles. The molecule has 0 aromatic carbocycles. The van der Waals surface area contributed by atoms with Gasteiger partial charge in [0.1, 0.15) is 6.54 Å². The number of nitrogens with one attached hydrogen (secondary N) is 1. The van der Waals surface area contributed by atoms with Crippen LogP contribution in [0.3, 0.4) is 0 Å². The Morgan fingerprint density at radius 3 is 2.83 bits per heavy atom. The van der Waals surface area contributed by atoms with Crippen LogP contribution in [0.1, 0.15) is 13.8 Å². The monoisotopic (exact) mass is 293 g/mol. The van der Waals surface area contributed by atoms with E-state index in [0.717, 1.165) is 13.1 Å². The molecule has 0 radical (unpaired) electrons. The van der Waals surface area contributed by atoms with Gasteiger partial charge in [-0.25, -0.2) is 0 Å². The average Bonchev–Trinajstić information content (AvgIpc) is 2.68. The number of halogens is 1. The predicted molar refractivity (Wildman–Crippen MR) is 74.9 cm³/mol. The molecule has 2 aliphatic rings. The van der Waals surface area contributed by atoms with Crippen molar-refractivity contribution < 1.29 is 9.59 Å². The van der Waals surface area contributed by atoms with Gasteiger partial charge in [-0.1, -0.05) is 0 Å². The second kappa shape index (κ2) is 6.63. The second-order valence-electron chi connectivity index (χ2n) is 4.64. The molecule has 2 unspecified atom stereocenters. The lowest BCUT2D eigenvalue weighted by Crippen LogP contribution is -2.58. The third kappa shape index (κ3) is 3.30. The van der Waals surface area contributed by atoms with Gasteiger partial charge in [0.25, 0.3) is 0 Å². The molecule has 0 aromatic heterocycles. The summed E-state index contributed by atoms with van der Waals surface area (Å²) in [4.78, 5) is 27.1. The van der Waals surface area contributed by atoms with E-state index in [2.05, 4.69) is 19.2 Å². The number of thioether (sulfide) groups is 1. The molecule has 2 saturated heterocycles. The highest BCUT2D eigenvalue weighted by Crippen LogP contribution is 2.16. The highest BCUT2D eigenvalue weighted by atomic mass is 35.5. The van der Waals surface area contributed by atoms with Crippen molar-refractivity contribution in [1.82, 2.24) is 15.1 Å². The van der Waals surface area contributed by atoms with Crippen molar-refractivity contribution in [3.8, 4) is 0 Å². The normalized spacial score (nSPS) is 28.2. The van der Waals surface area contributed by atoms with Crippen LogP contribution in [0, 0.1) is 0 Å². The van der Waals surface area contributed by atoms with Gasteiger partial charge in [-0.3, -0.25) is 9.59 Å². The van der Waals surface area contributed by atoms with E-state index < -0.39 is 0 Å². The largest absolute Gasteiger partial charge is 0.336 e. The number of hydrogen-bond donors (Lipinski definition) is 1. The first kappa shape index (κ1) is 15.6. The van der Waals surface area contributed by atoms with Crippen LogP contribution in [0.5, 0.6) is 0 Å². The lowest BCUT2D eigenvalue weighted by molar-refractivity contribution is -0.140. The van der Waals surface area contributed by atoms with Crippen LogP contribution in [0.15, 0.2) is 0 Å². The van der Waals surface area contributed by atoms with Gasteiger partial charge in [0.05, 0.1) is 11.6 Å². The van der Waals surface area contributed by atoms with Gasteiger partial charge in [0.15, 0.2) is 0 Å². The summed E-state index contributed by atoms with van der Waals surface area (Å²) in [6, 6.07) is 0.512. The predicted octanol–water partition coefficient (Wildman–Crippen LogP) is 0.150. The van der Waals surface area contributed by atoms with Crippen LogP contribution in [-0.4, -0.2) is 65.0 Å². The summed E-state index contributed by atoms with van der Waals surface area (Å²) in [6.07, 6.45) is 0. The molecule has 2 aliphatic heterocycles. The van der Waals surface area contributed by atoms with Crippen molar-refractivity contribution in [2.24, 2.45) is 0 Å². The quantitative estimate of drug-likeness (QED) is 0.787. The maximum atomic E-state index is 12.2. The zero-order valence-electron chi connectivity index (χ0n) is 10.7. The third-order valence-corrected chi connectivity index (χ3v) is 4.45. The van der Waals surface area contributed by atoms with Gasteiger partial charge in [-0.15, -0.1) is 24.2 Å². The summed E-state index contributed by atoms with van der Waals surface area (Å²) in [7, 11) is 0. The summed E-state index contributed by atoms with van der Waals surface area (Å²) < 4.78 is 0. The minimum absolute atomic E-state index is 0. The first-order valence-electron chi connectivity index (χ1n) is 5.98. The van der Waals surface area contributed by atoms with E-state index in [1.807, 2.05) is 4.90 Å². The number of hydrogen-bond acceptors (Lipinski definition) is 4. The Balaban J connectivity index is 0.00000162. The molecule has 18 heavy (non-hydrogen) atoms. The molecule has 2 heterocycles. The second-order valence-corrected chi connectivity index (χ2v) is 5.59. The van der Waals surface area contributed by atoms with Crippen LogP contribution >= 0.6 is 24.2 Å². The van der Waals surface area contributed by atoms with Crippen molar-refractivity contribution in [3.63, 3.8) is 0 Å². The van der Waals surface area contributed by atoms with E-state index >= 15 is 0 Å². The Kier molecular flexibility index (Phi) is 5.75. The molecule has 0 spiro atoms. The molecule has 0 aliphatic carbocycles. The Bertz CT molecular complexity index is 329. The molecule has 7 heteroatoms. The Labute approximate surface area is 118 Å². The standard InChI is InChI=1S/C11H19N3O2S.ClH/c1-8-9(2)14(4-3-12-8)10(15)5-13-7-17-6-11(13)16;/h8-9,12H,3-7H2,1-2H3;1H. The zero-order chi connectivity index (χ0) is 12.4. The molecule has 2 amide bonds. The minimum Gasteiger partial charge on any atom is -0.336 e. The molecule has 0 bridgehead atoms. The van der Waals surface area contributed by atoms with E-state index in [-0.39, 0.29) is 36.8 Å². The topological polar surface area (TPSA) is 52.7 Å². The van der Waals surface area contributed by atoms with Gasteiger partial charge in [-0.2, -0.15) is 0 Å². The molecule has 2 atom stereocenters. The maximum absolute atomic E-state index is 12.2. The summed E-state index contributed by atoms with van der Waals surface area (Å²) in [6.45, 7) is 5.94. The van der Waals surface area contributed by atoms with E-state index in [0.29, 0.717) is 17.7 Å². The zero-order valence-corrected chi connectivity index (χ0v) is 12.4. The van der Waals surface area contributed by atoms with Gasteiger partial charge in [0.2, 0.25) is 11.8 Å². The van der Waals surface area contributed by atoms with Crippen LogP contribution in [0.2, 0.25) is 0 Å². The van der Waals surface area contributed by atoms with Crippen LogP contribution in [0.25, 0.3) is 0 Å². The maximum Gasteiger partial charge on any atom is 0.242 e. The van der Waals surface area contributed by atoms with Crippen molar-refractivity contribution in [2.75, 3.05) is 31.3 Å². The fourth-order valence-corrected chi connectivity index (χ4v) is 3.11. The Morgan fingerprint density at radius 1 is 1.50 bits per heavy atom. The minimum atomic E-state index is 0. The smallest absolute Gasteiger partial charge is 0.242 e. The van der Waals surface area contributed by atoms with Gasteiger partial charge >= 0.3 is 0 Å². The van der Waals surface area contributed by atoms with Gasteiger partial charge in [-0.05, 0) is 13.8 Å². The summed E-state index contributed by atoms with van der Waals surface area (Å²) >= 11 is 1.57. The van der Waals surface area contributed by atoms with Crippen LogP contribution in [-0.2, 0) is 9.59 Å². The fraction of sp³-hybridized carbons (Fsp3) is 0.818. The highest BCUT2D eigenvalue weighted by Gasteiger charge is 2.31. The van der Waals surface area contributed by atoms with Gasteiger partial charge in [0, 0.05) is 25.2 Å². The summed E-state index contributed by atoms with van der Waals surface area (Å²) in [5.41, 5.74) is 0. The highest BCUT2D eigenvalue weighted by molar-refractivity contribution is 8.00. The first-order chi connectivity index (χ1) is 8.09. The van der Waals surface area contributed by atoms with Crippen molar-refractivity contribution in [3.05, 3.63) is 0 Å². The third-order valence-electron chi connectivity index (χ3n) is 3.51. The number of nitrogens with zero attached hydrogens (tertiary/aromatic N) is 2. The summed E-state index contributed by atoms with van der Waals surface area (Å²) in [5.74, 6) is 1.32. The number of rotatable bonds is 2. The number of amides is 2. The van der Waals surface area contributed by atoms with Crippen molar-refractivity contribution in [2.45, 2.75) is 25.9 Å². The lowest BCUT2D eigenvalue weighted by atomic mass is 10.1.